The Kier molecular flexibility index (Phi) is 4.74. The lowest BCUT2D eigenvalue weighted by molar-refractivity contribution is 0.211. The Labute approximate surface area is 121 Å². The number of rotatable bonds is 5. The molecule has 4 nitrogen and oxygen atoms in total. The molecule has 0 radical (unpaired) electrons. The second-order valence-electron chi connectivity index (χ2n) is 4.09. The van der Waals surface area contributed by atoms with Gasteiger partial charge < -0.3 is 9.47 Å². The van der Waals surface area contributed by atoms with Gasteiger partial charge in [-0.15, -0.1) is 0 Å². The molecule has 2 aromatic rings. The van der Waals surface area contributed by atoms with E-state index in [0.29, 0.717) is 11.3 Å². The molecule has 0 fully saturated rings. The van der Waals surface area contributed by atoms with Crippen LogP contribution in [0.15, 0.2) is 42.5 Å². The quantitative estimate of drug-likeness (QED) is 0.791. The summed E-state index contributed by atoms with van der Waals surface area (Å²) in [6, 6.07) is 14.5. The van der Waals surface area contributed by atoms with Crippen molar-refractivity contribution in [2.45, 2.75) is 0 Å². The van der Waals surface area contributed by atoms with Gasteiger partial charge in [-0.2, -0.15) is 10.5 Å². The van der Waals surface area contributed by atoms with Gasteiger partial charge in [0.1, 0.15) is 19.0 Å². The van der Waals surface area contributed by atoms with Crippen molar-refractivity contribution in [2.75, 3.05) is 13.2 Å². The normalized spacial score (nSPS) is 9.48. The second-order valence-corrected chi connectivity index (χ2v) is 4.09. The van der Waals surface area contributed by atoms with Crippen LogP contribution in [0.1, 0.15) is 11.1 Å². The van der Waals surface area contributed by atoms with Gasteiger partial charge in [0, 0.05) is 0 Å². The van der Waals surface area contributed by atoms with E-state index < -0.39 is 5.82 Å². The summed E-state index contributed by atoms with van der Waals surface area (Å²) in [5, 5.41) is 17.3. The van der Waals surface area contributed by atoms with E-state index in [4.69, 9.17) is 20.0 Å². The molecule has 0 saturated heterocycles. The molecule has 0 saturated carbocycles. The molecule has 0 N–H and O–H groups in total. The molecule has 21 heavy (non-hydrogen) atoms. The van der Waals surface area contributed by atoms with Crippen molar-refractivity contribution in [2.24, 2.45) is 0 Å². The minimum atomic E-state index is -0.576. The van der Waals surface area contributed by atoms with Gasteiger partial charge in [0.2, 0.25) is 0 Å². The van der Waals surface area contributed by atoms with Crippen LogP contribution >= 0.6 is 0 Å². The molecular weight excluding hydrogens is 271 g/mol. The van der Waals surface area contributed by atoms with E-state index >= 15 is 0 Å². The van der Waals surface area contributed by atoms with E-state index in [0.717, 1.165) is 6.07 Å². The van der Waals surface area contributed by atoms with E-state index in [1.807, 2.05) is 12.1 Å². The van der Waals surface area contributed by atoms with Gasteiger partial charge in [-0.1, -0.05) is 0 Å². The molecule has 0 aliphatic carbocycles. The summed E-state index contributed by atoms with van der Waals surface area (Å²) < 4.78 is 24.2. The molecule has 5 heteroatoms. The summed E-state index contributed by atoms with van der Waals surface area (Å²) in [7, 11) is 0. The zero-order chi connectivity index (χ0) is 15.1. The smallest absolute Gasteiger partial charge is 0.166 e. The zero-order valence-electron chi connectivity index (χ0n) is 11.0. The minimum Gasteiger partial charge on any atom is -0.490 e. The highest BCUT2D eigenvalue weighted by Crippen LogP contribution is 2.18. The first-order valence-corrected chi connectivity index (χ1v) is 6.18. The Morgan fingerprint density at radius 1 is 0.857 bits per heavy atom. The SMILES string of the molecule is N#Cc1ccc(OCCOc2ccc(C#N)cc2F)cc1. The number of hydrogen-bond donors (Lipinski definition) is 0. The molecule has 0 aromatic heterocycles. The predicted octanol–water partition coefficient (Wildman–Crippen LogP) is 3.03. The highest BCUT2D eigenvalue weighted by Gasteiger charge is 2.04. The van der Waals surface area contributed by atoms with E-state index in [1.165, 1.54) is 12.1 Å². The molecule has 0 spiro atoms. The molecule has 0 unspecified atom stereocenters. The topological polar surface area (TPSA) is 66.0 Å². The maximum Gasteiger partial charge on any atom is 0.166 e. The third kappa shape index (κ3) is 3.95. The second kappa shape index (κ2) is 6.93. The molecule has 2 rings (SSSR count). The van der Waals surface area contributed by atoms with E-state index in [1.54, 1.807) is 24.3 Å². The molecule has 0 aliphatic rings. The van der Waals surface area contributed by atoms with Crippen molar-refractivity contribution in [3.8, 4) is 23.6 Å². The molecule has 104 valence electrons. The van der Waals surface area contributed by atoms with Crippen LogP contribution in [0.25, 0.3) is 0 Å². The molecule has 0 bridgehead atoms. The van der Waals surface area contributed by atoms with Crippen molar-refractivity contribution in [1.82, 2.24) is 0 Å². The molecule has 0 aliphatic heterocycles. The van der Waals surface area contributed by atoms with Crippen molar-refractivity contribution in [3.63, 3.8) is 0 Å². The highest BCUT2D eigenvalue weighted by molar-refractivity contribution is 5.36. The number of nitrogens with zero attached hydrogens (tertiary/aromatic N) is 2. The van der Waals surface area contributed by atoms with Crippen LogP contribution in [-0.4, -0.2) is 13.2 Å². The number of ether oxygens (including phenoxy) is 2. The van der Waals surface area contributed by atoms with Gasteiger partial charge in [-0.3, -0.25) is 0 Å². The molecule has 0 heterocycles. The van der Waals surface area contributed by atoms with Gasteiger partial charge in [0.25, 0.3) is 0 Å². The Hall–Kier alpha value is -3.05. The standard InChI is InChI=1S/C16H11FN2O2/c17-15-9-13(11-19)3-6-16(15)21-8-7-20-14-4-1-12(10-18)2-5-14/h1-6,9H,7-8H2. The first kappa shape index (κ1) is 14.4. The minimum absolute atomic E-state index is 0.0810. The lowest BCUT2D eigenvalue weighted by atomic mass is 10.2. The first-order chi connectivity index (χ1) is 10.2. The number of hydrogen-bond acceptors (Lipinski definition) is 4. The summed E-state index contributed by atoms with van der Waals surface area (Å²) in [6.45, 7) is 0.411. The van der Waals surface area contributed by atoms with Crippen LogP contribution < -0.4 is 9.47 Å². The van der Waals surface area contributed by atoms with Crippen molar-refractivity contribution in [3.05, 3.63) is 59.4 Å². The lowest BCUT2D eigenvalue weighted by Crippen LogP contribution is -2.09. The van der Waals surface area contributed by atoms with E-state index in [2.05, 4.69) is 0 Å². The molecule has 2 aromatic carbocycles. The summed E-state index contributed by atoms with van der Waals surface area (Å²) in [5.41, 5.74) is 0.798. The van der Waals surface area contributed by atoms with Crippen LogP contribution in [0.4, 0.5) is 4.39 Å². The fraction of sp³-hybridized carbons (Fsp3) is 0.125. The maximum absolute atomic E-state index is 13.5. The maximum atomic E-state index is 13.5. The number of halogens is 1. The third-order valence-corrected chi connectivity index (χ3v) is 2.65. The fourth-order valence-corrected chi connectivity index (χ4v) is 1.62. The Morgan fingerprint density at radius 2 is 1.48 bits per heavy atom. The van der Waals surface area contributed by atoms with Crippen LogP contribution in [0.5, 0.6) is 11.5 Å². The average molecular weight is 282 g/mol. The zero-order valence-corrected chi connectivity index (χ0v) is 11.0. The van der Waals surface area contributed by atoms with Crippen LogP contribution in [-0.2, 0) is 0 Å². The Balaban J connectivity index is 1.82. The third-order valence-electron chi connectivity index (χ3n) is 2.65. The van der Waals surface area contributed by atoms with E-state index in [-0.39, 0.29) is 24.5 Å². The van der Waals surface area contributed by atoms with Crippen molar-refractivity contribution in [1.29, 1.82) is 10.5 Å². The average Bonchev–Trinajstić information content (AvgIpc) is 2.53. The Morgan fingerprint density at radius 3 is 2.10 bits per heavy atom. The van der Waals surface area contributed by atoms with Crippen LogP contribution in [0.2, 0.25) is 0 Å². The van der Waals surface area contributed by atoms with Crippen LogP contribution in [0, 0.1) is 28.5 Å². The monoisotopic (exact) mass is 282 g/mol. The molecule has 0 atom stereocenters. The number of benzene rings is 2. The summed E-state index contributed by atoms with van der Waals surface area (Å²) >= 11 is 0. The highest BCUT2D eigenvalue weighted by atomic mass is 19.1. The van der Waals surface area contributed by atoms with Crippen LogP contribution in [0.3, 0.4) is 0 Å². The van der Waals surface area contributed by atoms with Gasteiger partial charge in [0.15, 0.2) is 11.6 Å². The largest absolute Gasteiger partial charge is 0.490 e. The summed E-state index contributed by atoms with van der Waals surface area (Å²) in [4.78, 5) is 0. The van der Waals surface area contributed by atoms with Crippen molar-refractivity contribution < 1.29 is 13.9 Å². The van der Waals surface area contributed by atoms with Gasteiger partial charge >= 0.3 is 0 Å². The lowest BCUT2D eigenvalue weighted by Gasteiger charge is -2.09. The van der Waals surface area contributed by atoms with Crippen molar-refractivity contribution >= 4 is 0 Å². The summed E-state index contributed by atoms with van der Waals surface area (Å²) in [6.07, 6.45) is 0. The summed E-state index contributed by atoms with van der Waals surface area (Å²) in [5.74, 6) is 0.114. The fourth-order valence-electron chi connectivity index (χ4n) is 1.62. The molecular formula is C16H11FN2O2. The predicted molar refractivity (Wildman–Crippen MR) is 73.3 cm³/mol. The molecule has 0 amide bonds. The van der Waals surface area contributed by atoms with Gasteiger partial charge in [-0.05, 0) is 42.5 Å². The van der Waals surface area contributed by atoms with Gasteiger partial charge in [0.05, 0.1) is 23.3 Å². The Bertz CT molecular complexity index is 700. The van der Waals surface area contributed by atoms with E-state index in [9.17, 15) is 4.39 Å². The van der Waals surface area contributed by atoms with Gasteiger partial charge in [-0.25, -0.2) is 4.39 Å². The first-order valence-electron chi connectivity index (χ1n) is 6.18. The number of nitriles is 2.